The lowest BCUT2D eigenvalue weighted by Crippen LogP contribution is -2.38. The number of carbonyl (C=O) groups is 1. The predicted molar refractivity (Wildman–Crippen MR) is 84.3 cm³/mol. The van der Waals surface area contributed by atoms with Crippen LogP contribution in [0, 0.1) is 10.1 Å². The molecule has 2 N–H and O–H groups in total. The fourth-order valence-corrected chi connectivity index (χ4v) is 2.94. The molecule has 2 rings (SSSR count). The summed E-state index contributed by atoms with van der Waals surface area (Å²) in [6.45, 7) is 1.47. The minimum absolute atomic E-state index is 0.0116. The normalized spacial score (nSPS) is 13.4. The van der Waals surface area contributed by atoms with Crippen LogP contribution in [0.15, 0.2) is 35.7 Å². The van der Waals surface area contributed by atoms with Gasteiger partial charge in [-0.05, 0) is 24.4 Å². The van der Waals surface area contributed by atoms with E-state index in [1.807, 2.05) is 5.38 Å². The molecule has 22 heavy (non-hydrogen) atoms. The Kier molecular flexibility index (Phi) is 4.80. The van der Waals surface area contributed by atoms with Gasteiger partial charge in [-0.2, -0.15) is 0 Å². The number of nitrogens with zero attached hydrogens (tertiary/aromatic N) is 1. The van der Waals surface area contributed by atoms with Gasteiger partial charge in [-0.1, -0.05) is 23.7 Å². The molecule has 1 atom stereocenters. The second-order valence-corrected chi connectivity index (χ2v) is 6.18. The van der Waals surface area contributed by atoms with Gasteiger partial charge in [0.1, 0.15) is 11.2 Å². The highest BCUT2D eigenvalue weighted by atomic mass is 35.5. The number of nitro benzene ring substituents is 1. The first kappa shape index (κ1) is 16.4. The van der Waals surface area contributed by atoms with Gasteiger partial charge in [0.2, 0.25) is 0 Å². The van der Waals surface area contributed by atoms with E-state index in [0.717, 1.165) is 0 Å². The maximum Gasteiger partial charge on any atom is 0.283 e. The van der Waals surface area contributed by atoms with Crippen LogP contribution in [-0.2, 0) is 5.60 Å². The van der Waals surface area contributed by atoms with Gasteiger partial charge in [-0.3, -0.25) is 14.9 Å². The Morgan fingerprint density at radius 2 is 2.18 bits per heavy atom. The zero-order valence-electron chi connectivity index (χ0n) is 11.6. The predicted octanol–water partition coefficient (Wildman–Crippen LogP) is 2.95. The lowest BCUT2D eigenvalue weighted by molar-refractivity contribution is -0.385. The number of aliphatic hydroxyl groups is 1. The molecule has 0 aliphatic heterocycles. The lowest BCUT2D eigenvalue weighted by Gasteiger charge is -2.22. The monoisotopic (exact) mass is 340 g/mol. The van der Waals surface area contributed by atoms with Gasteiger partial charge in [0.05, 0.1) is 16.5 Å². The zero-order valence-corrected chi connectivity index (χ0v) is 13.1. The van der Waals surface area contributed by atoms with Crippen molar-refractivity contribution in [3.05, 3.63) is 61.3 Å². The number of amides is 1. The van der Waals surface area contributed by atoms with E-state index in [0.29, 0.717) is 4.88 Å². The van der Waals surface area contributed by atoms with Gasteiger partial charge >= 0.3 is 0 Å². The van der Waals surface area contributed by atoms with Crippen molar-refractivity contribution < 1.29 is 14.8 Å². The van der Waals surface area contributed by atoms with Gasteiger partial charge in [-0.15, -0.1) is 11.3 Å². The Hall–Kier alpha value is -1.96. The minimum Gasteiger partial charge on any atom is -0.383 e. The van der Waals surface area contributed by atoms with Crippen LogP contribution in [0.2, 0.25) is 5.02 Å². The summed E-state index contributed by atoms with van der Waals surface area (Å²) in [5.74, 6) is -0.700. The van der Waals surface area contributed by atoms with E-state index in [4.69, 9.17) is 11.6 Å². The third kappa shape index (κ3) is 3.44. The Bertz CT molecular complexity index is 701. The molecule has 116 valence electrons. The Morgan fingerprint density at radius 1 is 1.45 bits per heavy atom. The SMILES string of the molecule is CC(O)(CNC(=O)c1c(Cl)cccc1[N+](=O)[O-])c1cccs1. The van der Waals surface area contributed by atoms with Gasteiger partial charge < -0.3 is 10.4 Å². The molecule has 0 spiro atoms. The summed E-state index contributed by atoms with van der Waals surface area (Å²) in [5.41, 5.74) is -1.85. The summed E-state index contributed by atoms with van der Waals surface area (Å²) in [4.78, 5) is 23.2. The van der Waals surface area contributed by atoms with Crippen molar-refractivity contribution in [3.63, 3.8) is 0 Å². The highest BCUT2D eigenvalue weighted by Gasteiger charge is 2.28. The average molecular weight is 341 g/mol. The first-order valence-corrected chi connectivity index (χ1v) is 7.56. The molecule has 8 heteroatoms. The van der Waals surface area contributed by atoms with Crippen molar-refractivity contribution >= 4 is 34.5 Å². The number of nitrogens with one attached hydrogen (secondary N) is 1. The summed E-state index contributed by atoms with van der Waals surface area (Å²) in [6, 6.07) is 7.54. The minimum atomic E-state index is -1.26. The molecule has 0 radical (unpaired) electrons. The van der Waals surface area contributed by atoms with E-state index >= 15 is 0 Å². The highest BCUT2D eigenvalue weighted by molar-refractivity contribution is 7.10. The summed E-state index contributed by atoms with van der Waals surface area (Å²) < 4.78 is 0. The molecule has 2 aromatic rings. The van der Waals surface area contributed by atoms with Crippen LogP contribution in [-0.4, -0.2) is 22.5 Å². The molecule has 1 heterocycles. The largest absolute Gasteiger partial charge is 0.383 e. The van der Waals surface area contributed by atoms with Crippen molar-refractivity contribution in [3.8, 4) is 0 Å². The Balaban J connectivity index is 2.19. The quantitative estimate of drug-likeness (QED) is 0.646. The molecule has 0 bridgehead atoms. The average Bonchev–Trinajstić information content (AvgIpc) is 2.99. The number of nitro groups is 1. The molecular formula is C14H13ClN2O4S. The van der Waals surface area contributed by atoms with Crippen LogP contribution in [0.25, 0.3) is 0 Å². The first-order valence-electron chi connectivity index (χ1n) is 6.30. The van der Waals surface area contributed by atoms with E-state index in [1.165, 1.54) is 29.5 Å². The molecule has 1 amide bonds. The van der Waals surface area contributed by atoms with Gasteiger partial charge in [0.15, 0.2) is 0 Å². The zero-order chi connectivity index (χ0) is 16.3. The third-order valence-electron chi connectivity index (χ3n) is 3.06. The fraction of sp³-hybridized carbons (Fsp3) is 0.214. The number of hydrogen-bond acceptors (Lipinski definition) is 5. The summed E-state index contributed by atoms with van der Waals surface area (Å²) in [7, 11) is 0. The molecule has 1 aromatic heterocycles. The number of thiophene rings is 1. The molecule has 0 aliphatic carbocycles. The highest BCUT2D eigenvalue weighted by Crippen LogP contribution is 2.27. The van der Waals surface area contributed by atoms with Gasteiger partial charge in [0, 0.05) is 10.9 Å². The molecule has 1 aromatic carbocycles. The topological polar surface area (TPSA) is 92.5 Å². The molecule has 0 saturated heterocycles. The number of rotatable bonds is 5. The standard InChI is InChI=1S/C14H13ClN2O4S/c1-14(19,11-6-3-7-22-11)8-16-13(18)12-9(15)4-2-5-10(12)17(20)21/h2-7,19H,8H2,1H3,(H,16,18). The maximum absolute atomic E-state index is 12.2. The number of benzene rings is 1. The van der Waals surface area contributed by atoms with Crippen molar-refractivity contribution in [2.45, 2.75) is 12.5 Å². The van der Waals surface area contributed by atoms with Crippen molar-refractivity contribution in [2.24, 2.45) is 0 Å². The molecule has 0 fully saturated rings. The van der Waals surface area contributed by atoms with Crippen molar-refractivity contribution in [1.82, 2.24) is 5.32 Å². The van der Waals surface area contributed by atoms with E-state index in [9.17, 15) is 20.0 Å². The van der Waals surface area contributed by atoms with Crippen LogP contribution in [0.1, 0.15) is 22.2 Å². The van der Waals surface area contributed by atoms with Crippen LogP contribution < -0.4 is 5.32 Å². The Labute approximate surface area is 135 Å². The first-order chi connectivity index (χ1) is 10.3. The van der Waals surface area contributed by atoms with E-state index < -0.39 is 16.4 Å². The molecule has 0 saturated carbocycles. The smallest absolute Gasteiger partial charge is 0.283 e. The van der Waals surface area contributed by atoms with Crippen molar-refractivity contribution in [2.75, 3.05) is 6.54 Å². The van der Waals surface area contributed by atoms with Crippen molar-refractivity contribution in [1.29, 1.82) is 0 Å². The van der Waals surface area contributed by atoms with Gasteiger partial charge in [-0.25, -0.2) is 0 Å². The summed E-state index contributed by atoms with van der Waals surface area (Å²) in [6.07, 6.45) is 0. The maximum atomic E-state index is 12.2. The molecule has 0 aliphatic rings. The molecular weight excluding hydrogens is 328 g/mol. The number of hydrogen-bond donors (Lipinski definition) is 2. The van der Waals surface area contributed by atoms with Crippen LogP contribution in [0.3, 0.4) is 0 Å². The van der Waals surface area contributed by atoms with Crippen LogP contribution in [0.4, 0.5) is 5.69 Å². The molecule has 6 nitrogen and oxygen atoms in total. The van der Waals surface area contributed by atoms with E-state index in [-0.39, 0.29) is 22.8 Å². The second kappa shape index (κ2) is 6.43. The van der Waals surface area contributed by atoms with Crippen LogP contribution >= 0.6 is 22.9 Å². The third-order valence-corrected chi connectivity index (χ3v) is 4.50. The fourth-order valence-electron chi connectivity index (χ4n) is 1.90. The number of carbonyl (C=O) groups excluding carboxylic acids is 1. The van der Waals surface area contributed by atoms with E-state index in [2.05, 4.69) is 5.32 Å². The second-order valence-electron chi connectivity index (χ2n) is 4.82. The van der Waals surface area contributed by atoms with Gasteiger partial charge in [0.25, 0.3) is 11.6 Å². The van der Waals surface area contributed by atoms with E-state index in [1.54, 1.807) is 19.1 Å². The number of halogens is 1. The summed E-state index contributed by atoms with van der Waals surface area (Å²) >= 11 is 7.25. The Morgan fingerprint density at radius 3 is 2.77 bits per heavy atom. The summed E-state index contributed by atoms with van der Waals surface area (Å²) in [5, 5.41) is 25.6. The lowest BCUT2D eigenvalue weighted by atomic mass is 10.0. The van der Waals surface area contributed by atoms with Crippen LogP contribution in [0.5, 0.6) is 0 Å². The molecule has 1 unspecified atom stereocenters.